The Morgan fingerprint density at radius 1 is 1.54 bits per heavy atom. The molecule has 1 N–H and O–H groups in total. The van der Waals surface area contributed by atoms with E-state index in [-0.39, 0.29) is 5.91 Å². The lowest BCUT2D eigenvalue weighted by atomic mass is 10.2. The first kappa shape index (κ1) is 10.5. The van der Waals surface area contributed by atoms with Crippen LogP contribution in [0.25, 0.3) is 0 Å². The molecule has 1 saturated carbocycles. The van der Waals surface area contributed by atoms with Gasteiger partial charge in [0.25, 0.3) is 0 Å². The monoisotopic (exact) mass is 184 g/mol. The van der Waals surface area contributed by atoms with E-state index in [9.17, 15) is 4.79 Å². The quantitative estimate of drug-likeness (QED) is 0.664. The Morgan fingerprint density at radius 2 is 2.23 bits per heavy atom. The number of nitrogens with one attached hydrogen (secondary N) is 1. The molecule has 1 aliphatic carbocycles. The van der Waals surface area contributed by atoms with Gasteiger partial charge in [-0.1, -0.05) is 0 Å². The molecule has 0 aliphatic heterocycles. The van der Waals surface area contributed by atoms with Gasteiger partial charge < -0.3 is 10.2 Å². The molecule has 0 radical (unpaired) electrons. The van der Waals surface area contributed by atoms with Crippen molar-refractivity contribution in [2.45, 2.75) is 25.7 Å². The highest BCUT2D eigenvalue weighted by molar-refractivity contribution is 5.75. The van der Waals surface area contributed by atoms with Crippen LogP contribution in [0.4, 0.5) is 0 Å². The molecule has 0 atom stereocenters. The molecule has 0 aromatic carbocycles. The number of carbonyl (C=O) groups is 1. The average molecular weight is 184 g/mol. The molecule has 0 aromatic rings. The molecule has 0 saturated heterocycles. The van der Waals surface area contributed by atoms with Gasteiger partial charge in [-0.3, -0.25) is 4.79 Å². The Morgan fingerprint density at radius 3 is 2.77 bits per heavy atom. The molecule has 0 spiro atoms. The van der Waals surface area contributed by atoms with Crippen molar-refractivity contribution in [3.05, 3.63) is 0 Å². The molecule has 13 heavy (non-hydrogen) atoms. The maximum absolute atomic E-state index is 10.9. The number of amides is 1. The SMILES string of the molecule is CNC(=O)CCCN(C)CC1CC1. The number of hydrogen-bond donors (Lipinski definition) is 1. The molecule has 0 heterocycles. The van der Waals surface area contributed by atoms with E-state index in [1.807, 2.05) is 0 Å². The minimum atomic E-state index is 0.153. The van der Waals surface area contributed by atoms with Crippen LogP contribution in [0.5, 0.6) is 0 Å². The molecule has 0 unspecified atom stereocenters. The van der Waals surface area contributed by atoms with Gasteiger partial charge in [0.15, 0.2) is 0 Å². The Bertz CT molecular complexity index is 166. The van der Waals surface area contributed by atoms with Gasteiger partial charge in [-0.15, -0.1) is 0 Å². The first-order chi connectivity index (χ1) is 6.22. The summed E-state index contributed by atoms with van der Waals surface area (Å²) in [5.74, 6) is 1.10. The van der Waals surface area contributed by atoms with E-state index in [4.69, 9.17) is 0 Å². The van der Waals surface area contributed by atoms with E-state index in [1.54, 1.807) is 7.05 Å². The highest BCUT2D eigenvalue weighted by Crippen LogP contribution is 2.29. The summed E-state index contributed by atoms with van der Waals surface area (Å²) in [6.45, 7) is 2.26. The molecule has 3 heteroatoms. The van der Waals surface area contributed by atoms with Crippen molar-refractivity contribution in [2.75, 3.05) is 27.2 Å². The maximum atomic E-state index is 10.9. The van der Waals surface area contributed by atoms with Crippen molar-refractivity contribution in [3.63, 3.8) is 0 Å². The first-order valence-corrected chi connectivity index (χ1v) is 5.11. The summed E-state index contributed by atoms with van der Waals surface area (Å²) in [4.78, 5) is 13.2. The van der Waals surface area contributed by atoms with Crippen molar-refractivity contribution < 1.29 is 4.79 Å². The molecule has 3 nitrogen and oxygen atoms in total. The van der Waals surface area contributed by atoms with Crippen LogP contribution in [0.15, 0.2) is 0 Å². The van der Waals surface area contributed by atoms with Gasteiger partial charge in [0.2, 0.25) is 5.91 Å². The van der Waals surface area contributed by atoms with Crippen molar-refractivity contribution in [2.24, 2.45) is 5.92 Å². The molecule has 1 amide bonds. The molecule has 1 rings (SSSR count). The van der Waals surface area contributed by atoms with Crippen molar-refractivity contribution in [1.29, 1.82) is 0 Å². The zero-order valence-electron chi connectivity index (χ0n) is 8.68. The first-order valence-electron chi connectivity index (χ1n) is 5.11. The third-order valence-electron chi connectivity index (χ3n) is 2.49. The highest BCUT2D eigenvalue weighted by atomic mass is 16.1. The van der Waals surface area contributed by atoms with Gasteiger partial charge >= 0.3 is 0 Å². The number of rotatable bonds is 6. The van der Waals surface area contributed by atoms with Crippen molar-refractivity contribution in [1.82, 2.24) is 10.2 Å². The summed E-state index contributed by atoms with van der Waals surface area (Å²) in [7, 11) is 3.83. The fraction of sp³-hybridized carbons (Fsp3) is 0.900. The second-order valence-electron chi connectivity index (χ2n) is 3.98. The van der Waals surface area contributed by atoms with Gasteiger partial charge in [-0.2, -0.15) is 0 Å². The van der Waals surface area contributed by atoms with Crippen LogP contribution in [-0.4, -0.2) is 38.0 Å². The lowest BCUT2D eigenvalue weighted by Gasteiger charge is -2.15. The molecule has 1 fully saturated rings. The van der Waals surface area contributed by atoms with Crippen molar-refractivity contribution in [3.8, 4) is 0 Å². The summed E-state index contributed by atoms with van der Waals surface area (Å²) < 4.78 is 0. The third kappa shape index (κ3) is 4.88. The van der Waals surface area contributed by atoms with Gasteiger partial charge in [0, 0.05) is 20.0 Å². The smallest absolute Gasteiger partial charge is 0.219 e. The van der Waals surface area contributed by atoms with Gasteiger partial charge in [0.05, 0.1) is 0 Å². The van der Waals surface area contributed by atoms with Crippen LogP contribution in [-0.2, 0) is 4.79 Å². The second-order valence-corrected chi connectivity index (χ2v) is 3.98. The zero-order valence-corrected chi connectivity index (χ0v) is 8.68. The van der Waals surface area contributed by atoms with Gasteiger partial charge in [0.1, 0.15) is 0 Å². The van der Waals surface area contributed by atoms with Crippen LogP contribution >= 0.6 is 0 Å². The predicted octanol–water partition coefficient (Wildman–Crippen LogP) is 0.854. The van der Waals surface area contributed by atoms with Crippen molar-refractivity contribution >= 4 is 5.91 Å². The topological polar surface area (TPSA) is 32.3 Å². The Labute approximate surface area is 80.5 Å². The largest absolute Gasteiger partial charge is 0.359 e. The number of hydrogen-bond acceptors (Lipinski definition) is 2. The minimum absolute atomic E-state index is 0.153. The summed E-state index contributed by atoms with van der Waals surface area (Å²) in [6, 6.07) is 0. The van der Waals surface area contributed by atoms with E-state index in [2.05, 4.69) is 17.3 Å². The number of carbonyl (C=O) groups excluding carboxylic acids is 1. The molecular weight excluding hydrogens is 164 g/mol. The van der Waals surface area contributed by atoms with E-state index in [1.165, 1.54) is 19.4 Å². The highest BCUT2D eigenvalue weighted by Gasteiger charge is 2.22. The fourth-order valence-corrected chi connectivity index (χ4v) is 1.47. The Balaban J connectivity index is 1.94. The Hall–Kier alpha value is -0.570. The van der Waals surface area contributed by atoms with Crippen LogP contribution in [0.3, 0.4) is 0 Å². The average Bonchev–Trinajstić information content (AvgIpc) is 2.88. The minimum Gasteiger partial charge on any atom is -0.359 e. The van der Waals surface area contributed by atoms with E-state index in [0.29, 0.717) is 6.42 Å². The van der Waals surface area contributed by atoms with Crippen LogP contribution < -0.4 is 5.32 Å². The van der Waals surface area contributed by atoms with Gasteiger partial charge in [-0.25, -0.2) is 0 Å². The zero-order chi connectivity index (χ0) is 9.68. The van der Waals surface area contributed by atoms with Crippen LogP contribution in [0.2, 0.25) is 0 Å². The molecular formula is C10H20N2O. The van der Waals surface area contributed by atoms with Crippen LogP contribution in [0, 0.1) is 5.92 Å². The Kier molecular flexibility index (Phi) is 4.22. The number of nitrogens with zero attached hydrogens (tertiary/aromatic N) is 1. The lowest BCUT2D eigenvalue weighted by Crippen LogP contribution is -2.24. The molecule has 76 valence electrons. The second kappa shape index (κ2) is 5.22. The van der Waals surface area contributed by atoms with E-state index >= 15 is 0 Å². The van der Waals surface area contributed by atoms with Crippen LogP contribution in [0.1, 0.15) is 25.7 Å². The summed E-state index contributed by atoms with van der Waals surface area (Å²) >= 11 is 0. The lowest BCUT2D eigenvalue weighted by molar-refractivity contribution is -0.120. The maximum Gasteiger partial charge on any atom is 0.219 e. The predicted molar refractivity (Wildman–Crippen MR) is 53.5 cm³/mol. The van der Waals surface area contributed by atoms with E-state index in [0.717, 1.165) is 18.9 Å². The molecule has 0 aromatic heterocycles. The summed E-state index contributed by atoms with van der Waals surface area (Å²) in [5.41, 5.74) is 0. The molecule has 1 aliphatic rings. The van der Waals surface area contributed by atoms with E-state index < -0.39 is 0 Å². The summed E-state index contributed by atoms with van der Waals surface area (Å²) in [6.07, 6.45) is 4.44. The standard InChI is InChI=1S/C10H20N2O/c1-11-10(13)4-3-7-12(2)8-9-5-6-9/h9H,3-8H2,1-2H3,(H,11,13). The van der Waals surface area contributed by atoms with Gasteiger partial charge in [-0.05, 0) is 38.8 Å². The normalized spacial score (nSPS) is 16.2. The third-order valence-corrected chi connectivity index (χ3v) is 2.49. The summed E-state index contributed by atoms with van der Waals surface area (Å²) in [5, 5.41) is 2.63. The fourth-order valence-electron chi connectivity index (χ4n) is 1.47. The molecule has 0 bridgehead atoms.